The number of halogens is 2. The topological polar surface area (TPSA) is 38.0 Å². The summed E-state index contributed by atoms with van der Waals surface area (Å²) in [6.45, 7) is 0. The van der Waals surface area contributed by atoms with Gasteiger partial charge in [-0.1, -0.05) is 0 Å². The molecule has 0 aromatic rings. The number of rotatable bonds is 1. The van der Waals surface area contributed by atoms with Gasteiger partial charge >= 0.3 is 0 Å². The molecule has 1 saturated carbocycles. The third kappa shape index (κ3) is 0.952. The van der Waals surface area contributed by atoms with Crippen molar-refractivity contribution in [1.29, 1.82) is 0 Å². The Morgan fingerprint density at radius 3 is 2.12 bits per heavy atom. The van der Waals surface area contributed by atoms with Crippen molar-refractivity contribution in [1.82, 2.24) is 5.43 Å². The normalized spacial score (nSPS) is 27.4. The van der Waals surface area contributed by atoms with Gasteiger partial charge in [0.05, 0.1) is 0 Å². The largest absolute Gasteiger partial charge is 0.271 e. The van der Waals surface area contributed by atoms with Gasteiger partial charge in [-0.15, -0.1) is 0 Å². The molecular formula is C4H8F2N2. The maximum Gasteiger partial charge on any atom is 0.251 e. The minimum absolute atomic E-state index is 0.108. The van der Waals surface area contributed by atoms with E-state index in [-0.39, 0.29) is 18.9 Å². The highest BCUT2D eigenvalue weighted by Gasteiger charge is 2.44. The molecule has 8 heavy (non-hydrogen) atoms. The molecule has 4 heteroatoms. The van der Waals surface area contributed by atoms with Gasteiger partial charge in [0.1, 0.15) is 0 Å². The van der Waals surface area contributed by atoms with E-state index in [4.69, 9.17) is 5.84 Å². The molecule has 0 atom stereocenters. The van der Waals surface area contributed by atoms with Crippen LogP contribution in [0.4, 0.5) is 8.78 Å². The molecule has 0 saturated heterocycles. The van der Waals surface area contributed by atoms with Crippen molar-refractivity contribution in [2.75, 3.05) is 0 Å². The lowest BCUT2D eigenvalue weighted by Crippen LogP contribution is -2.51. The van der Waals surface area contributed by atoms with E-state index in [1.54, 1.807) is 0 Å². The Labute approximate surface area is 46.0 Å². The van der Waals surface area contributed by atoms with Crippen LogP contribution >= 0.6 is 0 Å². The Kier molecular flexibility index (Phi) is 1.21. The highest BCUT2D eigenvalue weighted by atomic mass is 19.3. The first kappa shape index (κ1) is 5.91. The summed E-state index contributed by atoms with van der Waals surface area (Å²) < 4.78 is 23.8. The average molecular weight is 122 g/mol. The molecule has 0 unspecified atom stereocenters. The smallest absolute Gasteiger partial charge is 0.251 e. The predicted octanol–water partition coefficient (Wildman–Crippen LogP) is 0.247. The molecule has 0 aromatic carbocycles. The van der Waals surface area contributed by atoms with E-state index in [9.17, 15) is 8.78 Å². The van der Waals surface area contributed by atoms with Crippen LogP contribution in [-0.4, -0.2) is 12.0 Å². The van der Waals surface area contributed by atoms with Gasteiger partial charge in [-0.2, -0.15) is 0 Å². The van der Waals surface area contributed by atoms with E-state index in [0.29, 0.717) is 0 Å². The third-order valence-corrected chi connectivity index (χ3v) is 1.33. The maximum absolute atomic E-state index is 11.9. The van der Waals surface area contributed by atoms with Crippen LogP contribution in [0.3, 0.4) is 0 Å². The highest BCUT2D eigenvalue weighted by molar-refractivity contribution is 4.89. The monoisotopic (exact) mass is 122 g/mol. The fourth-order valence-corrected chi connectivity index (χ4v) is 0.779. The second kappa shape index (κ2) is 1.63. The Morgan fingerprint density at radius 2 is 2.00 bits per heavy atom. The number of nitrogens with two attached hydrogens (primary N) is 1. The van der Waals surface area contributed by atoms with Crippen LogP contribution in [-0.2, 0) is 0 Å². The predicted molar refractivity (Wildman–Crippen MR) is 25.3 cm³/mol. The van der Waals surface area contributed by atoms with Crippen molar-refractivity contribution < 1.29 is 8.78 Å². The second-order valence-corrected chi connectivity index (χ2v) is 2.13. The molecule has 0 bridgehead atoms. The Morgan fingerprint density at radius 1 is 1.50 bits per heavy atom. The molecule has 0 spiro atoms. The van der Waals surface area contributed by atoms with Crippen LogP contribution < -0.4 is 11.3 Å². The van der Waals surface area contributed by atoms with Crippen LogP contribution in [0, 0.1) is 0 Å². The van der Waals surface area contributed by atoms with Crippen LogP contribution in [0.2, 0.25) is 0 Å². The molecule has 3 N–H and O–H groups in total. The molecule has 0 radical (unpaired) electrons. The summed E-state index contributed by atoms with van der Waals surface area (Å²) in [7, 11) is 0. The van der Waals surface area contributed by atoms with E-state index < -0.39 is 5.92 Å². The summed E-state index contributed by atoms with van der Waals surface area (Å²) in [5.41, 5.74) is 2.28. The van der Waals surface area contributed by atoms with Crippen molar-refractivity contribution in [3.63, 3.8) is 0 Å². The Bertz CT molecular complexity index is 86.0. The summed E-state index contributed by atoms with van der Waals surface area (Å²) in [5, 5.41) is 0. The van der Waals surface area contributed by atoms with Gasteiger partial charge in [0.25, 0.3) is 5.92 Å². The zero-order chi connectivity index (χ0) is 6.20. The van der Waals surface area contributed by atoms with Gasteiger partial charge in [0.2, 0.25) is 0 Å². The van der Waals surface area contributed by atoms with Gasteiger partial charge < -0.3 is 0 Å². The van der Waals surface area contributed by atoms with Gasteiger partial charge in [0.15, 0.2) is 0 Å². The van der Waals surface area contributed by atoms with Crippen molar-refractivity contribution >= 4 is 0 Å². The van der Waals surface area contributed by atoms with Gasteiger partial charge in [-0.3, -0.25) is 11.3 Å². The highest BCUT2D eigenvalue weighted by Crippen LogP contribution is 2.36. The number of hydrazine groups is 1. The minimum atomic E-state index is -2.45. The number of hydrogen-bond donors (Lipinski definition) is 2. The quantitative estimate of drug-likeness (QED) is 0.386. The standard InChI is InChI=1S/C4H8F2N2/c5-4(6)1-3(2-4)8-7/h3,8H,1-2,7H2. The number of hydrogen-bond acceptors (Lipinski definition) is 2. The molecular weight excluding hydrogens is 114 g/mol. The molecule has 48 valence electrons. The molecule has 1 aliphatic rings. The van der Waals surface area contributed by atoms with Crippen LogP contribution in [0.1, 0.15) is 12.8 Å². The first-order chi connectivity index (χ1) is 3.64. The summed E-state index contributed by atoms with van der Waals surface area (Å²) in [6.07, 6.45) is -0.215. The van der Waals surface area contributed by atoms with Crippen LogP contribution in [0.25, 0.3) is 0 Å². The van der Waals surface area contributed by atoms with Crippen molar-refractivity contribution in [3.8, 4) is 0 Å². The lowest BCUT2D eigenvalue weighted by molar-refractivity contribution is -0.0926. The fourth-order valence-electron chi connectivity index (χ4n) is 0.779. The molecule has 2 nitrogen and oxygen atoms in total. The molecule has 1 fully saturated rings. The van der Waals surface area contributed by atoms with Gasteiger partial charge in [-0.25, -0.2) is 8.78 Å². The van der Waals surface area contributed by atoms with Gasteiger partial charge in [0, 0.05) is 18.9 Å². The van der Waals surface area contributed by atoms with Gasteiger partial charge in [-0.05, 0) is 0 Å². The first-order valence-corrected chi connectivity index (χ1v) is 2.48. The van der Waals surface area contributed by atoms with E-state index in [1.807, 2.05) is 0 Å². The van der Waals surface area contributed by atoms with Crippen molar-refractivity contribution in [2.24, 2.45) is 5.84 Å². The molecule has 0 heterocycles. The van der Waals surface area contributed by atoms with Crippen LogP contribution in [0.5, 0.6) is 0 Å². The summed E-state index contributed by atoms with van der Waals surface area (Å²) in [4.78, 5) is 0. The summed E-state index contributed by atoms with van der Waals surface area (Å²) >= 11 is 0. The summed E-state index contributed by atoms with van der Waals surface area (Å²) in [6, 6.07) is -0.162. The molecule has 0 aliphatic heterocycles. The molecule has 0 aromatic heterocycles. The Balaban J connectivity index is 2.21. The lowest BCUT2D eigenvalue weighted by atomic mass is 9.89. The molecule has 1 rings (SSSR count). The zero-order valence-electron chi connectivity index (χ0n) is 4.32. The minimum Gasteiger partial charge on any atom is -0.271 e. The van der Waals surface area contributed by atoms with Crippen molar-refractivity contribution in [2.45, 2.75) is 24.8 Å². The second-order valence-electron chi connectivity index (χ2n) is 2.13. The van der Waals surface area contributed by atoms with E-state index in [2.05, 4.69) is 5.43 Å². The molecule has 1 aliphatic carbocycles. The van der Waals surface area contributed by atoms with E-state index in [1.165, 1.54) is 0 Å². The number of alkyl halides is 2. The fraction of sp³-hybridized carbons (Fsp3) is 1.00. The maximum atomic E-state index is 11.9. The van der Waals surface area contributed by atoms with Crippen LogP contribution in [0.15, 0.2) is 0 Å². The SMILES string of the molecule is NNC1CC(F)(F)C1. The number of nitrogens with one attached hydrogen (secondary N) is 1. The zero-order valence-corrected chi connectivity index (χ0v) is 4.32. The van der Waals surface area contributed by atoms with E-state index in [0.717, 1.165) is 0 Å². The first-order valence-electron chi connectivity index (χ1n) is 2.48. The molecule has 0 amide bonds. The lowest BCUT2D eigenvalue weighted by Gasteiger charge is -2.33. The average Bonchev–Trinajstić information content (AvgIpc) is 1.60. The Hall–Kier alpha value is -0.220. The third-order valence-electron chi connectivity index (χ3n) is 1.33. The summed E-state index contributed by atoms with van der Waals surface area (Å²) in [5.74, 6) is 2.42. The van der Waals surface area contributed by atoms with Crippen molar-refractivity contribution in [3.05, 3.63) is 0 Å². The van der Waals surface area contributed by atoms with E-state index >= 15 is 0 Å².